The van der Waals surface area contributed by atoms with Crippen LogP contribution in [-0.2, 0) is 4.74 Å². The number of nitrogens with two attached hydrogens (primary N) is 1. The summed E-state index contributed by atoms with van der Waals surface area (Å²) < 4.78 is 11.5. The highest BCUT2D eigenvalue weighted by molar-refractivity contribution is 5.37. The van der Waals surface area contributed by atoms with Gasteiger partial charge in [-0.3, -0.25) is 11.3 Å². The molecule has 1 fully saturated rings. The third kappa shape index (κ3) is 2.76. The summed E-state index contributed by atoms with van der Waals surface area (Å²) in [6.45, 7) is 1.66. The molecule has 4 nitrogen and oxygen atoms in total. The van der Waals surface area contributed by atoms with Crippen molar-refractivity contribution in [1.29, 1.82) is 0 Å². The molecule has 19 heavy (non-hydrogen) atoms. The van der Waals surface area contributed by atoms with E-state index in [1.54, 1.807) is 0 Å². The Morgan fingerprint density at radius 2 is 2.16 bits per heavy atom. The second-order valence-corrected chi connectivity index (χ2v) is 5.43. The van der Waals surface area contributed by atoms with E-state index in [2.05, 4.69) is 23.6 Å². The third-order valence-electron chi connectivity index (χ3n) is 4.25. The number of nitrogens with one attached hydrogen (secondary N) is 1. The number of benzene rings is 1. The van der Waals surface area contributed by atoms with Crippen LogP contribution in [0, 0.1) is 0 Å². The summed E-state index contributed by atoms with van der Waals surface area (Å²) in [5.74, 6) is 7.27. The number of rotatable bonds is 4. The Hall–Kier alpha value is -1.10. The second-order valence-electron chi connectivity index (χ2n) is 5.43. The fourth-order valence-corrected chi connectivity index (χ4v) is 3.21. The maximum Gasteiger partial charge on any atom is 0.122 e. The molecule has 3 N–H and O–H groups in total. The van der Waals surface area contributed by atoms with E-state index in [9.17, 15) is 0 Å². The Labute approximate surface area is 114 Å². The molecule has 3 atom stereocenters. The minimum absolute atomic E-state index is 0.235. The molecule has 0 aliphatic carbocycles. The molecule has 3 unspecified atom stereocenters. The van der Waals surface area contributed by atoms with Crippen LogP contribution >= 0.6 is 0 Å². The van der Waals surface area contributed by atoms with Crippen LogP contribution < -0.4 is 16.0 Å². The van der Waals surface area contributed by atoms with Crippen molar-refractivity contribution in [2.45, 2.75) is 43.7 Å². The molecule has 104 valence electrons. The number of hydrogen-bond donors (Lipinski definition) is 2. The SMILES string of the molecule is NNC(CC1CCOc2ccccc21)C1CCCO1. The van der Waals surface area contributed by atoms with E-state index >= 15 is 0 Å². The number of hydrogen-bond acceptors (Lipinski definition) is 4. The first kappa shape index (κ1) is 12.9. The summed E-state index contributed by atoms with van der Waals surface area (Å²) in [7, 11) is 0. The van der Waals surface area contributed by atoms with Crippen molar-refractivity contribution in [3.05, 3.63) is 29.8 Å². The van der Waals surface area contributed by atoms with Crippen LogP contribution in [0.15, 0.2) is 24.3 Å². The van der Waals surface area contributed by atoms with Gasteiger partial charge in [-0.25, -0.2) is 0 Å². The summed E-state index contributed by atoms with van der Waals surface area (Å²) in [5.41, 5.74) is 4.27. The summed E-state index contributed by atoms with van der Waals surface area (Å²) in [4.78, 5) is 0. The molecular formula is C15H22N2O2. The monoisotopic (exact) mass is 262 g/mol. The molecule has 0 aromatic heterocycles. The van der Waals surface area contributed by atoms with Gasteiger partial charge in [0, 0.05) is 12.6 Å². The van der Waals surface area contributed by atoms with Gasteiger partial charge in [0.1, 0.15) is 5.75 Å². The van der Waals surface area contributed by atoms with E-state index in [4.69, 9.17) is 15.3 Å². The zero-order chi connectivity index (χ0) is 13.1. The zero-order valence-electron chi connectivity index (χ0n) is 11.2. The van der Waals surface area contributed by atoms with E-state index < -0.39 is 0 Å². The van der Waals surface area contributed by atoms with Crippen molar-refractivity contribution in [3.63, 3.8) is 0 Å². The van der Waals surface area contributed by atoms with Gasteiger partial charge < -0.3 is 9.47 Å². The molecule has 1 aromatic carbocycles. The van der Waals surface area contributed by atoms with Gasteiger partial charge in [-0.05, 0) is 43.2 Å². The van der Waals surface area contributed by atoms with Gasteiger partial charge in [0.2, 0.25) is 0 Å². The van der Waals surface area contributed by atoms with Crippen molar-refractivity contribution in [3.8, 4) is 5.75 Å². The largest absolute Gasteiger partial charge is 0.493 e. The molecule has 1 saturated heterocycles. The molecule has 0 spiro atoms. The Morgan fingerprint density at radius 3 is 2.95 bits per heavy atom. The average molecular weight is 262 g/mol. The quantitative estimate of drug-likeness (QED) is 0.643. The molecular weight excluding hydrogens is 240 g/mol. The van der Waals surface area contributed by atoms with E-state index in [0.717, 1.165) is 44.6 Å². The van der Waals surface area contributed by atoms with Crippen molar-refractivity contribution in [2.75, 3.05) is 13.2 Å². The summed E-state index contributed by atoms with van der Waals surface area (Å²) in [5, 5.41) is 0. The van der Waals surface area contributed by atoms with Crippen LogP contribution in [0.5, 0.6) is 5.75 Å². The number of fused-ring (bicyclic) bond motifs is 1. The van der Waals surface area contributed by atoms with Gasteiger partial charge in [0.15, 0.2) is 0 Å². The van der Waals surface area contributed by atoms with Crippen LogP contribution in [0.25, 0.3) is 0 Å². The molecule has 0 amide bonds. The summed E-state index contributed by atoms with van der Waals surface area (Å²) >= 11 is 0. The van der Waals surface area contributed by atoms with Crippen LogP contribution in [0.2, 0.25) is 0 Å². The first-order chi connectivity index (χ1) is 9.38. The van der Waals surface area contributed by atoms with Crippen molar-refractivity contribution in [2.24, 2.45) is 5.84 Å². The highest BCUT2D eigenvalue weighted by Gasteiger charge is 2.30. The lowest BCUT2D eigenvalue weighted by Gasteiger charge is -2.30. The van der Waals surface area contributed by atoms with Crippen molar-refractivity contribution < 1.29 is 9.47 Å². The van der Waals surface area contributed by atoms with Crippen LogP contribution in [0.3, 0.4) is 0 Å². The lowest BCUT2D eigenvalue weighted by Crippen LogP contribution is -2.45. The average Bonchev–Trinajstić information content (AvgIpc) is 2.99. The normalized spacial score (nSPS) is 27.6. The maximum atomic E-state index is 5.76. The lowest BCUT2D eigenvalue weighted by atomic mass is 9.86. The van der Waals surface area contributed by atoms with Gasteiger partial charge in [-0.2, -0.15) is 0 Å². The molecule has 2 aliphatic heterocycles. The highest BCUT2D eigenvalue weighted by atomic mass is 16.5. The molecule has 0 saturated carbocycles. The second kappa shape index (κ2) is 5.90. The minimum atomic E-state index is 0.235. The predicted molar refractivity (Wildman–Crippen MR) is 74.0 cm³/mol. The van der Waals surface area contributed by atoms with Gasteiger partial charge in [0.05, 0.1) is 12.7 Å². The van der Waals surface area contributed by atoms with E-state index in [1.807, 2.05) is 6.07 Å². The molecule has 2 heterocycles. The van der Waals surface area contributed by atoms with E-state index in [-0.39, 0.29) is 12.1 Å². The summed E-state index contributed by atoms with van der Waals surface area (Å²) in [6, 6.07) is 8.57. The van der Waals surface area contributed by atoms with E-state index in [1.165, 1.54) is 5.56 Å². The van der Waals surface area contributed by atoms with Gasteiger partial charge in [0.25, 0.3) is 0 Å². The Bertz CT molecular complexity index is 418. The third-order valence-corrected chi connectivity index (χ3v) is 4.25. The molecule has 4 heteroatoms. The number of para-hydroxylation sites is 1. The molecule has 2 aliphatic rings. The van der Waals surface area contributed by atoms with Gasteiger partial charge in [-0.15, -0.1) is 0 Å². The van der Waals surface area contributed by atoms with Crippen LogP contribution in [-0.4, -0.2) is 25.4 Å². The molecule has 3 rings (SSSR count). The number of hydrazine groups is 1. The smallest absolute Gasteiger partial charge is 0.122 e. The van der Waals surface area contributed by atoms with E-state index in [0.29, 0.717) is 5.92 Å². The van der Waals surface area contributed by atoms with Gasteiger partial charge in [-0.1, -0.05) is 18.2 Å². The van der Waals surface area contributed by atoms with Crippen LogP contribution in [0.4, 0.5) is 0 Å². The van der Waals surface area contributed by atoms with Gasteiger partial charge >= 0.3 is 0 Å². The first-order valence-corrected chi connectivity index (χ1v) is 7.18. The lowest BCUT2D eigenvalue weighted by molar-refractivity contribution is 0.0712. The van der Waals surface area contributed by atoms with Crippen molar-refractivity contribution in [1.82, 2.24) is 5.43 Å². The topological polar surface area (TPSA) is 56.5 Å². The molecule has 0 bridgehead atoms. The maximum absolute atomic E-state index is 5.76. The number of ether oxygens (including phenoxy) is 2. The molecule has 1 aromatic rings. The fraction of sp³-hybridized carbons (Fsp3) is 0.600. The first-order valence-electron chi connectivity index (χ1n) is 7.18. The highest BCUT2D eigenvalue weighted by Crippen LogP contribution is 2.37. The van der Waals surface area contributed by atoms with Crippen molar-refractivity contribution >= 4 is 0 Å². The molecule has 0 radical (unpaired) electrons. The minimum Gasteiger partial charge on any atom is -0.493 e. The fourth-order valence-electron chi connectivity index (χ4n) is 3.21. The van der Waals surface area contributed by atoms with Crippen LogP contribution in [0.1, 0.15) is 37.2 Å². The Balaban J connectivity index is 1.72. The Kier molecular flexibility index (Phi) is 4.01. The predicted octanol–water partition coefficient (Wildman–Crippen LogP) is 1.95. The Morgan fingerprint density at radius 1 is 1.26 bits per heavy atom. The summed E-state index contributed by atoms with van der Waals surface area (Å²) in [6.07, 6.45) is 4.59. The standard InChI is InChI=1S/C15H22N2O2/c16-17-13(15-6-3-8-18-15)10-11-7-9-19-14-5-2-1-4-12(11)14/h1-2,4-5,11,13,15,17H,3,6-10,16H2. The zero-order valence-corrected chi connectivity index (χ0v) is 11.2.